The van der Waals surface area contributed by atoms with Crippen LogP contribution in [0.5, 0.6) is 0 Å². The maximum absolute atomic E-state index is 12.1. The zero-order chi connectivity index (χ0) is 24.1. The first-order valence-electron chi connectivity index (χ1n) is 9.78. The van der Waals surface area contributed by atoms with Gasteiger partial charge in [0.15, 0.2) is 0 Å². The fraction of sp³-hybridized carbons (Fsp3) is 0.217. The van der Waals surface area contributed by atoms with Crippen molar-refractivity contribution in [2.75, 3.05) is 36.8 Å². The second-order valence-electron chi connectivity index (χ2n) is 6.78. The molecule has 0 radical (unpaired) electrons. The van der Waals surface area contributed by atoms with Crippen molar-refractivity contribution in [3.63, 3.8) is 0 Å². The molecule has 0 aliphatic rings. The first-order chi connectivity index (χ1) is 16.0. The van der Waals surface area contributed by atoms with Crippen molar-refractivity contribution in [1.29, 1.82) is 21.0 Å². The van der Waals surface area contributed by atoms with Gasteiger partial charge in [0.05, 0.1) is 24.3 Å². The molecule has 2 aromatic rings. The summed E-state index contributed by atoms with van der Waals surface area (Å²) in [5.74, 6) is 0. The molecule has 33 heavy (non-hydrogen) atoms. The van der Waals surface area contributed by atoms with Gasteiger partial charge in [-0.1, -0.05) is 24.3 Å². The number of nitrogens with zero attached hydrogens (tertiary/aromatic N) is 6. The van der Waals surface area contributed by atoms with E-state index < -0.39 is 12.1 Å². The minimum Gasteiger partial charge on any atom is -0.308 e. The summed E-state index contributed by atoms with van der Waals surface area (Å²) in [5.41, 5.74) is 3.07. The molecule has 0 spiro atoms. The van der Waals surface area contributed by atoms with Gasteiger partial charge in [-0.05, 0) is 41.8 Å². The molecule has 0 fully saturated rings. The molecule has 0 saturated carbocycles. The van der Waals surface area contributed by atoms with Crippen molar-refractivity contribution in [3.05, 3.63) is 59.7 Å². The summed E-state index contributed by atoms with van der Waals surface area (Å²) in [5, 5.41) is 40.3. The Morgan fingerprint density at radius 3 is 1.18 bits per heavy atom. The summed E-state index contributed by atoms with van der Waals surface area (Å²) in [7, 11) is 0. The molecular weight excluding hydrogens is 420 g/mol. The Bertz CT molecular complexity index is 1010. The molecule has 2 N–H and O–H groups in total. The molecule has 0 aromatic heterocycles. The Morgan fingerprint density at radius 2 is 0.909 bits per heavy atom. The Kier molecular flexibility index (Phi) is 9.24. The first-order valence-corrected chi connectivity index (χ1v) is 9.78. The third kappa shape index (κ3) is 7.61. The van der Waals surface area contributed by atoms with Crippen LogP contribution in [0.2, 0.25) is 0 Å². The van der Waals surface area contributed by atoms with Crippen molar-refractivity contribution in [3.8, 4) is 24.3 Å². The average molecular weight is 440 g/mol. The summed E-state index contributed by atoms with van der Waals surface area (Å²) < 4.78 is 0. The number of urea groups is 2. The van der Waals surface area contributed by atoms with Crippen molar-refractivity contribution in [2.24, 2.45) is 0 Å². The highest BCUT2D eigenvalue weighted by atomic mass is 16.2. The molecule has 164 valence electrons. The molecule has 0 unspecified atom stereocenters. The smallest absolute Gasteiger partial charge is 0.308 e. The fourth-order valence-electron chi connectivity index (χ4n) is 2.79. The molecule has 4 amide bonds. The molecule has 2 rings (SSSR count). The van der Waals surface area contributed by atoms with E-state index in [1.54, 1.807) is 24.3 Å². The van der Waals surface area contributed by atoms with E-state index in [0.717, 1.165) is 20.9 Å². The average Bonchev–Trinajstić information content (AvgIpc) is 2.81. The van der Waals surface area contributed by atoms with Crippen LogP contribution in [-0.2, 0) is 6.42 Å². The normalized spacial score (nSPS) is 9.33. The number of rotatable bonds is 8. The number of hydrogen-bond donors (Lipinski definition) is 2. The van der Waals surface area contributed by atoms with E-state index in [1.807, 2.05) is 48.5 Å². The molecular formula is C23H20N8O2. The fourth-order valence-corrected chi connectivity index (χ4v) is 2.79. The van der Waals surface area contributed by atoms with Gasteiger partial charge in [0, 0.05) is 11.4 Å². The van der Waals surface area contributed by atoms with Crippen LogP contribution in [0.4, 0.5) is 21.0 Å². The zero-order valence-electron chi connectivity index (χ0n) is 17.7. The Labute approximate surface area is 191 Å². The van der Waals surface area contributed by atoms with Crippen LogP contribution in [0.1, 0.15) is 11.1 Å². The zero-order valence-corrected chi connectivity index (χ0v) is 17.7. The van der Waals surface area contributed by atoms with Crippen LogP contribution in [0.3, 0.4) is 0 Å². The van der Waals surface area contributed by atoms with Crippen molar-refractivity contribution < 1.29 is 9.59 Å². The van der Waals surface area contributed by atoms with Crippen LogP contribution in [0, 0.1) is 45.3 Å². The van der Waals surface area contributed by atoms with Crippen LogP contribution in [0.25, 0.3) is 0 Å². The minimum absolute atomic E-state index is 0.178. The topological polar surface area (TPSA) is 160 Å². The van der Waals surface area contributed by atoms with Gasteiger partial charge in [-0.25, -0.2) is 9.59 Å². The predicted molar refractivity (Wildman–Crippen MR) is 119 cm³/mol. The lowest BCUT2D eigenvalue weighted by atomic mass is 10.0. The molecule has 0 atom stereocenters. The molecule has 10 heteroatoms. The number of carbonyl (C=O) groups is 2. The summed E-state index contributed by atoms with van der Waals surface area (Å²) in [6.45, 7) is -0.712. The molecule has 2 aromatic carbocycles. The second kappa shape index (κ2) is 12.6. The second-order valence-corrected chi connectivity index (χ2v) is 6.78. The van der Waals surface area contributed by atoms with E-state index in [-0.39, 0.29) is 26.2 Å². The highest BCUT2D eigenvalue weighted by Gasteiger charge is 2.13. The molecule has 0 saturated heterocycles. The van der Waals surface area contributed by atoms with E-state index in [2.05, 4.69) is 10.6 Å². The minimum atomic E-state index is -0.522. The highest BCUT2D eigenvalue weighted by Crippen LogP contribution is 2.16. The standard InChI is InChI=1S/C23H20N8O2/c24-9-13-30(14-10-25)22(32)28-20-5-1-18(2-6-20)17-19-3-7-21(8-4-19)29-23(33)31(15-11-26)16-12-27/h1-8H,13-17H2,(H,28,32)(H,29,33). The van der Waals surface area contributed by atoms with Gasteiger partial charge in [0.2, 0.25) is 0 Å². The Morgan fingerprint density at radius 1 is 0.606 bits per heavy atom. The van der Waals surface area contributed by atoms with Crippen LogP contribution < -0.4 is 10.6 Å². The number of nitrogens with one attached hydrogen (secondary N) is 2. The number of amides is 4. The monoisotopic (exact) mass is 440 g/mol. The summed E-state index contributed by atoms with van der Waals surface area (Å²) in [4.78, 5) is 26.5. The largest absolute Gasteiger partial charge is 0.323 e. The van der Waals surface area contributed by atoms with Gasteiger partial charge >= 0.3 is 12.1 Å². The van der Waals surface area contributed by atoms with E-state index in [9.17, 15) is 9.59 Å². The quantitative estimate of drug-likeness (QED) is 0.600. The van der Waals surface area contributed by atoms with Gasteiger partial charge in [0.1, 0.15) is 26.2 Å². The lowest BCUT2D eigenvalue weighted by Crippen LogP contribution is -2.35. The van der Waals surface area contributed by atoms with E-state index in [1.165, 1.54) is 0 Å². The van der Waals surface area contributed by atoms with Crippen molar-refractivity contribution in [2.45, 2.75) is 6.42 Å². The highest BCUT2D eigenvalue weighted by molar-refractivity contribution is 5.90. The summed E-state index contributed by atoms with van der Waals surface area (Å²) in [6, 6.07) is 20.7. The van der Waals surface area contributed by atoms with E-state index in [0.29, 0.717) is 17.8 Å². The van der Waals surface area contributed by atoms with E-state index in [4.69, 9.17) is 21.0 Å². The van der Waals surface area contributed by atoms with Crippen LogP contribution in [0.15, 0.2) is 48.5 Å². The molecule has 10 nitrogen and oxygen atoms in total. The lowest BCUT2D eigenvalue weighted by molar-refractivity contribution is 0.222. The Hall–Kier alpha value is -5.06. The predicted octanol–water partition coefficient (Wildman–Crippen LogP) is 3.04. The lowest BCUT2D eigenvalue weighted by Gasteiger charge is -2.17. The SMILES string of the molecule is N#CCN(CC#N)C(=O)Nc1ccc(Cc2ccc(NC(=O)N(CC#N)CC#N)cc2)cc1. The molecule has 0 aliphatic carbocycles. The van der Waals surface area contributed by atoms with Gasteiger partial charge in [-0.3, -0.25) is 9.80 Å². The van der Waals surface area contributed by atoms with Gasteiger partial charge < -0.3 is 10.6 Å². The number of hydrogen-bond acceptors (Lipinski definition) is 6. The van der Waals surface area contributed by atoms with Gasteiger partial charge in [-0.2, -0.15) is 21.0 Å². The number of benzene rings is 2. The van der Waals surface area contributed by atoms with Gasteiger partial charge in [-0.15, -0.1) is 0 Å². The van der Waals surface area contributed by atoms with Crippen LogP contribution in [-0.4, -0.2) is 48.0 Å². The van der Waals surface area contributed by atoms with Crippen LogP contribution >= 0.6 is 0 Å². The summed E-state index contributed by atoms with van der Waals surface area (Å²) in [6.07, 6.45) is 0.617. The molecule has 0 heterocycles. The van der Waals surface area contributed by atoms with Gasteiger partial charge in [0.25, 0.3) is 0 Å². The summed E-state index contributed by atoms with van der Waals surface area (Å²) >= 11 is 0. The number of nitriles is 4. The Balaban J connectivity index is 1.95. The first kappa shape index (κ1) is 24.2. The van der Waals surface area contributed by atoms with Crippen molar-refractivity contribution >= 4 is 23.4 Å². The third-order valence-electron chi connectivity index (χ3n) is 4.44. The third-order valence-corrected chi connectivity index (χ3v) is 4.44. The number of anilines is 2. The van der Waals surface area contributed by atoms with E-state index >= 15 is 0 Å². The molecule has 0 bridgehead atoms. The molecule has 0 aliphatic heterocycles. The maximum Gasteiger partial charge on any atom is 0.323 e. The maximum atomic E-state index is 12.1. The number of carbonyl (C=O) groups excluding carboxylic acids is 2. The van der Waals surface area contributed by atoms with Crippen molar-refractivity contribution in [1.82, 2.24) is 9.80 Å².